The molecule has 0 aromatic heterocycles. The predicted octanol–water partition coefficient (Wildman–Crippen LogP) is 4.74. The summed E-state index contributed by atoms with van der Waals surface area (Å²) in [6.45, 7) is 17.4. The van der Waals surface area contributed by atoms with E-state index in [0.29, 0.717) is 6.54 Å². The number of amides is 3. The first-order chi connectivity index (χ1) is 15.3. The van der Waals surface area contributed by atoms with Crippen LogP contribution in [0, 0.1) is 12.8 Å². The van der Waals surface area contributed by atoms with Crippen LogP contribution in [0.5, 0.6) is 0 Å². The van der Waals surface area contributed by atoms with Crippen LogP contribution in [-0.2, 0) is 14.3 Å². The van der Waals surface area contributed by atoms with Crippen LogP contribution in [0.3, 0.4) is 0 Å². The monoisotopic (exact) mass is 461 g/mol. The molecular formula is C26H43N3O4. The van der Waals surface area contributed by atoms with Crippen LogP contribution in [0.4, 0.5) is 4.79 Å². The quantitative estimate of drug-likeness (QED) is 0.493. The van der Waals surface area contributed by atoms with Gasteiger partial charge in [0, 0.05) is 12.6 Å². The van der Waals surface area contributed by atoms with E-state index in [2.05, 4.69) is 17.6 Å². The number of hydrogen-bond donors (Lipinski definition) is 2. The molecule has 0 aliphatic carbocycles. The summed E-state index contributed by atoms with van der Waals surface area (Å²) >= 11 is 0. The molecule has 0 fully saturated rings. The third-order valence-electron chi connectivity index (χ3n) is 5.13. The molecule has 0 saturated heterocycles. The Labute approximate surface area is 199 Å². The molecule has 0 bridgehead atoms. The first-order valence-corrected chi connectivity index (χ1v) is 11.9. The summed E-state index contributed by atoms with van der Waals surface area (Å²) in [6, 6.07) is 5.72. The number of alkyl carbamates (subject to hydrolysis) is 1. The Bertz CT molecular complexity index is 799. The Hall–Kier alpha value is -2.57. The van der Waals surface area contributed by atoms with Gasteiger partial charge in [0.15, 0.2) is 0 Å². The summed E-state index contributed by atoms with van der Waals surface area (Å²) in [6.07, 6.45) is 1.16. The lowest BCUT2D eigenvalue weighted by molar-refractivity contribution is -0.145. The van der Waals surface area contributed by atoms with Crippen LogP contribution in [-0.4, -0.2) is 47.0 Å². The SMILES string of the molecule is CCCCNC(=O)C(c1cccc(C)c1)N(C(=O)C(NC(=O)OC(C)(C)C)C(C)C)C(C)C. The van der Waals surface area contributed by atoms with Crippen LogP contribution < -0.4 is 10.6 Å². The highest BCUT2D eigenvalue weighted by Crippen LogP contribution is 2.27. The van der Waals surface area contributed by atoms with E-state index < -0.39 is 23.8 Å². The van der Waals surface area contributed by atoms with E-state index in [-0.39, 0.29) is 23.8 Å². The second-order valence-electron chi connectivity index (χ2n) is 10.2. The number of nitrogens with one attached hydrogen (secondary N) is 2. The fourth-order valence-corrected chi connectivity index (χ4v) is 3.55. The number of nitrogens with zero attached hydrogens (tertiary/aromatic N) is 1. The first-order valence-electron chi connectivity index (χ1n) is 11.9. The van der Waals surface area contributed by atoms with Crippen LogP contribution in [0.1, 0.15) is 85.4 Å². The molecule has 0 aliphatic rings. The van der Waals surface area contributed by atoms with E-state index in [9.17, 15) is 14.4 Å². The van der Waals surface area contributed by atoms with Crippen molar-refractivity contribution in [1.82, 2.24) is 15.5 Å². The first kappa shape index (κ1) is 28.5. The minimum Gasteiger partial charge on any atom is -0.444 e. The number of ether oxygens (including phenoxy) is 1. The molecule has 1 aromatic carbocycles. The van der Waals surface area contributed by atoms with E-state index in [0.717, 1.165) is 24.0 Å². The normalized spacial score (nSPS) is 13.4. The molecule has 33 heavy (non-hydrogen) atoms. The summed E-state index contributed by atoms with van der Waals surface area (Å²) in [5, 5.41) is 5.72. The number of hydrogen-bond acceptors (Lipinski definition) is 4. The van der Waals surface area contributed by atoms with Crippen LogP contribution in [0.15, 0.2) is 24.3 Å². The highest BCUT2D eigenvalue weighted by Gasteiger charge is 2.38. The number of aryl methyl sites for hydroxylation is 1. The van der Waals surface area contributed by atoms with Gasteiger partial charge in [-0.3, -0.25) is 9.59 Å². The smallest absolute Gasteiger partial charge is 0.408 e. The lowest BCUT2D eigenvalue weighted by Crippen LogP contribution is -2.56. The number of carbonyl (C=O) groups excluding carboxylic acids is 3. The van der Waals surface area contributed by atoms with Crippen LogP contribution in [0.2, 0.25) is 0 Å². The second kappa shape index (κ2) is 12.6. The fourth-order valence-electron chi connectivity index (χ4n) is 3.55. The van der Waals surface area contributed by atoms with Crippen LogP contribution >= 0.6 is 0 Å². The van der Waals surface area contributed by atoms with Crippen molar-refractivity contribution in [2.75, 3.05) is 6.54 Å². The summed E-state index contributed by atoms with van der Waals surface area (Å²) in [7, 11) is 0. The van der Waals surface area contributed by atoms with Gasteiger partial charge in [0.2, 0.25) is 11.8 Å². The van der Waals surface area contributed by atoms with Crippen LogP contribution in [0.25, 0.3) is 0 Å². The topological polar surface area (TPSA) is 87.7 Å². The van der Waals surface area contributed by atoms with Gasteiger partial charge in [-0.15, -0.1) is 0 Å². The Morgan fingerprint density at radius 3 is 2.21 bits per heavy atom. The van der Waals surface area contributed by atoms with Gasteiger partial charge in [0.1, 0.15) is 17.7 Å². The average molecular weight is 462 g/mol. The molecule has 2 atom stereocenters. The maximum absolute atomic E-state index is 13.8. The maximum Gasteiger partial charge on any atom is 0.408 e. The number of rotatable bonds is 10. The van der Waals surface area contributed by atoms with Crippen molar-refractivity contribution in [1.29, 1.82) is 0 Å². The Kier molecular flexibility index (Phi) is 10.9. The second-order valence-corrected chi connectivity index (χ2v) is 10.2. The van der Waals surface area contributed by atoms with Crippen molar-refractivity contribution in [3.8, 4) is 0 Å². The maximum atomic E-state index is 13.8. The van der Waals surface area contributed by atoms with Gasteiger partial charge < -0.3 is 20.3 Å². The van der Waals surface area contributed by atoms with Gasteiger partial charge in [0.25, 0.3) is 0 Å². The van der Waals surface area contributed by atoms with E-state index in [1.165, 1.54) is 0 Å². The van der Waals surface area contributed by atoms with E-state index in [1.54, 1.807) is 25.7 Å². The molecule has 3 amide bonds. The van der Waals surface area contributed by atoms with E-state index in [4.69, 9.17) is 4.74 Å². The van der Waals surface area contributed by atoms with Crippen molar-refractivity contribution in [2.24, 2.45) is 5.92 Å². The highest BCUT2D eigenvalue weighted by atomic mass is 16.6. The minimum atomic E-state index is -0.835. The lowest BCUT2D eigenvalue weighted by Gasteiger charge is -2.38. The van der Waals surface area contributed by atoms with Gasteiger partial charge in [0.05, 0.1) is 0 Å². The molecule has 0 aliphatic heterocycles. The molecule has 7 nitrogen and oxygen atoms in total. The summed E-state index contributed by atoms with van der Waals surface area (Å²) < 4.78 is 5.38. The molecule has 186 valence electrons. The van der Waals surface area contributed by atoms with Gasteiger partial charge in [-0.2, -0.15) is 0 Å². The lowest BCUT2D eigenvalue weighted by atomic mass is 9.96. The number of unbranched alkanes of at least 4 members (excludes halogenated alkanes) is 1. The van der Waals surface area contributed by atoms with Gasteiger partial charge >= 0.3 is 6.09 Å². The summed E-state index contributed by atoms with van der Waals surface area (Å²) in [5.74, 6) is -0.744. The zero-order valence-electron chi connectivity index (χ0n) is 21.8. The third-order valence-corrected chi connectivity index (χ3v) is 5.13. The van der Waals surface area contributed by atoms with E-state index in [1.807, 2.05) is 58.9 Å². The van der Waals surface area contributed by atoms with Crippen molar-refractivity contribution < 1.29 is 19.1 Å². The zero-order chi connectivity index (χ0) is 25.3. The number of carbonyl (C=O) groups is 3. The molecule has 0 heterocycles. The number of benzene rings is 1. The van der Waals surface area contributed by atoms with Gasteiger partial charge in [-0.25, -0.2) is 4.79 Å². The summed E-state index contributed by atoms with van der Waals surface area (Å²) in [5.41, 5.74) is 1.06. The van der Waals surface area contributed by atoms with Gasteiger partial charge in [-0.1, -0.05) is 57.0 Å². The predicted molar refractivity (Wildman–Crippen MR) is 132 cm³/mol. The highest BCUT2D eigenvalue weighted by molar-refractivity contribution is 5.92. The standard InChI is InChI=1S/C26H43N3O4/c1-10-11-15-27-23(30)22(20-14-12-13-19(6)16-20)29(18(4)5)24(31)21(17(2)3)28-25(32)33-26(7,8)9/h12-14,16-18,21-22H,10-11,15H2,1-9H3,(H,27,30)(H,28,32). The largest absolute Gasteiger partial charge is 0.444 e. The molecule has 2 unspecified atom stereocenters. The van der Waals surface area contributed by atoms with Crippen molar-refractivity contribution >= 4 is 17.9 Å². The van der Waals surface area contributed by atoms with Crippen molar-refractivity contribution in [3.05, 3.63) is 35.4 Å². The fraction of sp³-hybridized carbons (Fsp3) is 0.654. The molecular weight excluding hydrogens is 418 g/mol. The molecule has 0 spiro atoms. The van der Waals surface area contributed by atoms with Crippen molar-refractivity contribution in [3.63, 3.8) is 0 Å². The van der Waals surface area contributed by atoms with Gasteiger partial charge in [-0.05, 0) is 59.4 Å². The Morgan fingerprint density at radius 1 is 1.09 bits per heavy atom. The Balaban J connectivity index is 3.37. The molecule has 1 aromatic rings. The minimum absolute atomic E-state index is 0.201. The zero-order valence-corrected chi connectivity index (χ0v) is 21.8. The molecule has 7 heteroatoms. The third kappa shape index (κ3) is 9.06. The molecule has 2 N–H and O–H groups in total. The van der Waals surface area contributed by atoms with E-state index >= 15 is 0 Å². The molecule has 1 rings (SSSR count). The molecule has 0 saturated carbocycles. The Morgan fingerprint density at radius 2 is 1.73 bits per heavy atom. The average Bonchev–Trinajstić information content (AvgIpc) is 2.67. The molecule has 0 radical (unpaired) electrons. The summed E-state index contributed by atoms with van der Waals surface area (Å²) in [4.78, 5) is 41.3. The van der Waals surface area contributed by atoms with Crippen molar-refractivity contribution in [2.45, 2.75) is 98.9 Å².